The summed E-state index contributed by atoms with van der Waals surface area (Å²) in [5.41, 5.74) is 0. The molecule has 0 saturated carbocycles. The van der Waals surface area contributed by atoms with Gasteiger partial charge in [-0.2, -0.15) is 0 Å². The van der Waals surface area contributed by atoms with Crippen molar-refractivity contribution in [3.05, 3.63) is 59.4 Å². The molecule has 2 heteroatoms. The van der Waals surface area contributed by atoms with Crippen LogP contribution >= 0.6 is 11.8 Å². The lowest BCUT2D eigenvalue weighted by atomic mass is 10.4. The largest absolute Gasteiger partial charge is 0.130 e. The Hall–Kier alpha value is -0.600. The van der Waals surface area contributed by atoms with Gasteiger partial charge in [0.05, 0.1) is 6.26 Å². The molecule has 0 heterocycles. The molecule has 15 heavy (non-hydrogen) atoms. The standard InChI is InChI=1S/C13H18S2/c1-3-4-5-6-7-8-12-15-13-10-9-11-14-2/h3-11,13H,12H2,1-2H3/p+1/b4-3-,6-5-,8-7+,11-9-,13-10+. The van der Waals surface area contributed by atoms with Crippen molar-refractivity contribution in [2.24, 2.45) is 0 Å². The van der Waals surface area contributed by atoms with Crippen molar-refractivity contribution in [2.45, 2.75) is 6.92 Å². The number of allylic oxidation sites excluding steroid dienone is 7. The van der Waals surface area contributed by atoms with Crippen molar-refractivity contribution >= 4 is 23.5 Å². The fraction of sp³-hybridized carbons (Fsp3) is 0.231. The molecule has 0 aromatic rings. The Labute approximate surface area is 102 Å². The van der Waals surface area contributed by atoms with Gasteiger partial charge in [-0.05, 0) is 30.2 Å². The molecular formula is C13H19S2+. The van der Waals surface area contributed by atoms with Crippen LogP contribution in [-0.2, 0) is 11.8 Å². The first-order valence-electron chi connectivity index (χ1n) is 4.88. The molecule has 0 unspecified atom stereocenters. The number of hydrogen-bond donors (Lipinski definition) is 0. The summed E-state index contributed by atoms with van der Waals surface area (Å²) in [6, 6.07) is 0. The highest BCUT2D eigenvalue weighted by atomic mass is 32.2. The third kappa shape index (κ3) is 13.4. The molecule has 0 bridgehead atoms. The summed E-state index contributed by atoms with van der Waals surface area (Å²) in [5, 5.41) is 4.23. The molecule has 0 aliphatic carbocycles. The summed E-state index contributed by atoms with van der Waals surface area (Å²) >= 11 is 3.10. The van der Waals surface area contributed by atoms with E-state index in [1.165, 1.54) is 11.8 Å². The second-order valence-electron chi connectivity index (χ2n) is 2.60. The molecule has 0 aromatic carbocycles. The minimum absolute atomic E-state index is 1.02. The predicted octanol–water partition coefficient (Wildman–Crippen LogP) is 3.88. The summed E-state index contributed by atoms with van der Waals surface area (Å²) in [4.78, 5) is 0. The van der Waals surface area contributed by atoms with Crippen LogP contribution in [0.1, 0.15) is 6.92 Å². The van der Waals surface area contributed by atoms with E-state index in [2.05, 4.69) is 41.4 Å². The molecule has 0 N–H and O–H groups in total. The summed E-state index contributed by atoms with van der Waals surface area (Å²) in [7, 11) is 0. The van der Waals surface area contributed by atoms with Gasteiger partial charge in [0, 0.05) is 5.75 Å². The number of thioether (sulfide) groups is 1. The number of hydrogen-bond acceptors (Lipinski definition) is 1. The van der Waals surface area contributed by atoms with Gasteiger partial charge in [0.25, 0.3) is 0 Å². The monoisotopic (exact) mass is 239 g/mol. The number of rotatable bonds is 7. The average Bonchev–Trinajstić information content (AvgIpc) is 2.26. The summed E-state index contributed by atoms with van der Waals surface area (Å²) in [6.07, 6.45) is 18.6. The molecule has 0 saturated heterocycles. The summed E-state index contributed by atoms with van der Waals surface area (Å²) < 4.78 is 0. The van der Waals surface area contributed by atoms with Crippen molar-refractivity contribution < 1.29 is 0 Å². The van der Waals surface area contributed by atoms with Crippen LogP contribution in [0, 0.1) is 0 Å². The minimum Gasteiger partial charge on any atom is -0.130 e. The zero-order valence-corrected chi connectivity index (χ0v) is 11.0. The Kier molecular flexibility index (Phi) is 12.9. The maximum absolute atomic E-state index is 2.15. The van der Waals surface area contributed by atoms with Crippen LogP contribution in [0.5, 0.6) is 0 Å². The van der Waals surface area contributed by atoms with E-state index in [1.807, 2.05) is 31.2 Å². The maximum atomic E-state index is 2.15. The molecule has 0 amide bonds. The van der Waals surface area contributed by atoms with Crippen LogP contribution in [-0.4, -0.2) is 12.0 Å². The average molecular weight is 239 g/mol. The van der Waals surface area contributed by atoms with Crippen LogP contribution in [0.15, 0.2) is 59.4 Å². The zero-order valence-electron chi connectivity index (χ0n) is 9.34. The van der Waals surface area contributed by atoms with Crippen LogP contribution in [0.3, 0.4) is 0 Å². The lowest BCUT2D eigenvalue weighted by molar-refractivity contribution is 1.71. The van der Waals surface area contributed by atoms with Gasteiger partial charge in [0.2, 0.25) is 0 Å². The Morgan fingerprint density at radius 2 is 1.80 bits per heavy atom. The van der Waals surface area contributed by atoms with Gasteiger partial charge in [-0.25, -0.2) is 0 Å². The molecule has 0 radical (unpaired) electrons. The van der Waals surface area contributed by atoms with E-state index in [4.69, 9.17) is 0 Å². The van der Waals surface area contributed by atoms with E-state index in [0.717, 1.165) is 5.75 Å². The first-order chi connectivity index (χ1) is 7.41. The third-order valence-corrected chi connectivity index (χ3v) is 2.58. The van der Waals surface area contributed by atoms with E-state index in [0.29, 0.717) is 0 Å². The molecule has 0 aromatic heterocycles. The minimum atomic E-state index is 1.02. The fourth-order valence-electron chi connectivity index (χ4n) is 0.721. The Morgan fingerprint density at radius 1 is 1.00 bits per heavy atom. The predicted molar refractivity (Wildman–Crippen MR) is 78.5 cm³/mol. The molecule has 0 fully saturated rings. The number of thiol groups is 1. The van der Waals surface area contributed by atoms with Crippen LogP contribution < -0.4 is 0 Å². The molecular weight excluding hydrogens is 220 g/mol. The van der Waals surface area contributed by atoms with Crippen LogP contribution in [0.2, 0.25) is 0 Å². The van der Waals surface area contributed by atoms with E-state index in [1.54, 1.807) is 11.8 Å². The molecule has 0 aliphatic heterocycles. The highest BCUT2D eigenvalue weighted by Gasteiger charge is 1.75. The van der Waals surface area contributed by atoms with Gasteiger partial charge < -0.3 is 0 Å². The zero-order chi connectivity index (χ0) is 11.2. The van der Waals surface area contributed by atoms with Crippen molar-refractivity contribution in [3.8, 4) is 0 Å². The molecule has 0 spiro atoms. The second kappa shape index (κ2) is 13.4. The van der Waals surface area contributed by atoms with Crippen molar-refractivity contribution in [3.63, 3.8) is 0 Å². The first kappa shape index (κ1) is 14.4. The Morgan fingerprint density at radius 3 is 2.53 bits per heavy atom. The normalized spacial score (nSPS) is 13.5. The van der Waals surface area contributed by atoms with Gasteiger partial charge in [-0.15, -0.1) is 11.8 Å². The third-order valence-electron chi connectivity index (χ3n) is 1.38. The maximum Gasteiger partial charge on any atom is 0.116 e. The van der Waals surface area contributed by atoms with Crippen molar-refractivity contribution in [1.82, 2.24) is 0 Å². The molecule has 0 atom stereocenters. The molecule has 0 rings (SSSR count). The van der Waals surface area contributed by atoms with Crippen LogP contribution in [0.4, 0.5) is 0 Å². The highest BCUT2D eigenvalue weighted by Crippen LogP contribution is 2.02. The van der Waals surface area contributed by atoms with E-state index in [-0.39, 0.29) is 0 Å². The fourth-order valence-corrected chi connectivity index (χ4v) is 1.53. The Balaban J connectivity index is 3.45. The van der Waals surface area contributed by atoms with E-state index in [9.17, 15) is 0 Å². The van der Waals surface area contributed by atoms with Crippen molar-refractivity contribution in [2.75, 3.05) is 12.0 Å². The molecule has 0 aliphatic rings. The topological polar surface area (TPSA) is 0 Å². The van der Waals surface area contributed by atoms with Gasteiger partial charge in [-0.1, -0.05) is 42.5 Å². The highest BCUT2D eigenvalue weighted by molar-refractivity contribution is 8.02. The Bertz CT molecular complexity index is 258. The van der Waals surface area contributed by atoms with Crippen LogP contribution in [0.25, 0.3) is 0 Å². The SMILES string of the molecule is C\C=C/C=C\C=C\CS/C=C/C=C\[SH+]C. The smallest absolute Gasteiger partial charge is 0.116 e. The quantitative estimate of drug-likeness (QED) is 0.281. The van der Waals surface area contributed by atoms with E-state index < -0.39 is 0 Å². The lowest BCUT2D eigenvalue weighted by Crippen LogP contribution is -1.64. The summed E-state index contributed by atoms with van der Waals surface area (Å²) in [5.74, 6) is 1.02. The van der Waals surface area contributed by atoms with Gasteiger partial charge in [0.15, 0.2) is 0 Å². The lowest BCUT2D eigenvalue weighted by Gasteiger charge is -1.83. The van der Waals surface area contributed by atoms with Gasteiger partial charge >= 0.3 is 0 Å². The molecule has 0 nitrogen and oxygen atoms in total. The molecule has 82 valence electrons. The van der Waals surface area contributed by atoms with Gasteiger partial charge in [-0.3, -0.25) is 0 Å². The van der Waals surface area contributed by atoms with Crippen molar-refractivity contribution in [1.29, 1.82) is 0 Å². The van der Waals surface area contributed by atoms with Gasteiger partial charge in [0.1, 0.15) is 5.41 Å². The second-order valence-corrected chi connectivity index (χ2v) is 4.35. The first-order valence-corrected chi connectivity index (χ1v) is 7.34. The van der Waals surface area contributed by atoms with E-state index >= 15 is 0 Å². The summed E-state index contributed by atoms with van der Waals surface area (Å²) in [6.45, 7) is 2.01.